The highest BCUT2D eigenvalue weighted by Gasteiger charge is 2.45. The summed E-state index contributed by atoms with van der Waals surface area (Å²) in [6.45, 7) is 4.24. The standard InChI is InChI=1S/C29H27F9O6/c1-2-3-4-15-13-40-27(41-14-15)16-9-20(30)24(21(31)10-16)26(39)42-18-7-5-17(6-8-18)28(34,35)43-19-11-22(32)25(23(33)12-19)44-29(36,37)38/h2,9-12,15,17-18,27H,1,3-8,13-14H2. The van der Waals surface area contributed by atoms with Gasteiger partial charge < -0.3 is 23.7 Å². The molecule has 1 aliphatic heterocycles. The van der Waals surface area contributed by atoms with E-state index in [-0.39, 0.29) is 49.3 Å². The van der Waals surface area contributed by atoms with Crippen LogP contribution in [0.1, 0.15) is 60.7 Å². The number of carbonyl (C=O) groups is 1. The van der Waals surface area contributed by atoms with Crippen LogP contribution in [0.5, 0.6) is 11.5 Å². The summed E-state index contributed by atoms with van der Waals surface area (Å²) in [6.07, 6.45) is -9.21. The minimum Gasteiger partial charge on any atom is -0.459 e. The average Bonchev–Trinajstić information content (AvgIpc) is 2.93. The van der Waals surface area contributed by atoms with Gasteiger partial charge in [0.25, 0.3) is 0 Å². The van der Waals surface area contributed by atoms with Crippen LogP contribution in [-0.2, 0) is 14.2 Å². The van der Waals surface area contributed by atoms with Crippen LogP contribution in [0.25, 0.3) is 0 Å². The fourth-order valence-electron chi connectivity index (χ4n) is 4.96. The Morgan fingerprint density at radius 3 is 1.95 bits per heavy atom. The van der Waals surface area contributed by atoms with Crippen LogP contribution in [0.15, 0.2) is 36.9 Å². The summed E-state index contributed by atoms with van der Waals surface area (Å²) in [7, 11) is 0. The van der Waals surface area contributed by atoms with Crippen LogP contribution in [-0.4, -0.2) is 37.8 Å². The summed E-state index contributed by atoms with van der Waals surface area (Å²) < 4.78 is 148. The molecule has 0 aromatic heterocycles. The number of allylic oxidation sites excluding steroid dienone is 1. The van der Waals surface area contributed by atoms with Crippen molar-refractivity contribution in [3.63, 3.8) is 0 Å². The van der Waals surface area contributed by atoms with Gasteiger partial charge in [0, 0.05) is 23.6 Å². The van der Waals surface area contributed by atoms with E-state index in [0.29, 0.717) is 13.2 Å². The van der Waals surface area contributed by atoms with Crippen molar-refractivity contribution >= 4 is 5.97 Å². The van der Waals surface area contributed by atoms with Gasteiger partial charge in [0.1, 0.15) is 29.1 Å². The Kier molecular flexibility index (Phi) is 10.4. The second-order valence-electron chi connectivity index (χ2n) is 10.4. The van der Waals surface area contributed by atoms with Gasteiger partial charge in [-0.2, -0.15) is 8.78 Å². The SMILES string of the molecule is C=CCCC1COC(c2cc(F)c(C(=O)OC3CCC(C(F)(F)Oc4cc(F)c(OC(F)(F)F)c(F)c4)CC3)c(F)c2)OC1. The summed E-state index contributed by atoms with van der Waals surface area (Å²) in [4.78, 5) is 12.6. The minimum atomic E-state index is -5.43. The Labute approximate surface area is 245 Å². The van der Waals surface area contributed by atoms with Crippen molar-refractivity contribution < 1.29 is 68.0 Å². The zero-order valence-corrected chi connectivity index (χ0v) is 22.9. The lowest BCUT2D eigenvalue weighted by Crippen LogP contribution is -2.39. The van der Waals surface area contributed by atoms with E-state index in [9.17, 15) is 44.3 Å². The minimum absolute atomic E-state index is 0.0174. The molecule has 15 heteroatoms. The van der Waals surface area contributed by atoms with Crippen LogP contribution in [0.4, 0.5) is 39.5 Å². The molecule has 44 heavy (non-hydrogen) atoms. The molecule has 0 spiro atoms. The van der Waals surface area contributed by atoms with Crippen LogP contribution >= 0.6 is 0 Å². The molecule has 4 rings (SSSR count). The number of hydrogen-bond donors (Lipinski definition) is 0. The zero-order valence-electron chi connectivity index (χ0n) is 22.9. The third kappa shape index (κ3) is 8.37. The maximum Gasteiger partial charge on any atom is 0.573 e. The molecule has 1 saturated carbocycles. The van der Waals surface area contributed by atoms with Gasteiger partial charge in [0.05, 0.1) is 19.1 Å². The van der Waals surface area contributed by atoms with Crippen molar-refractivity contribution in [2.45, 2.75) is 63.4 Å². The largest absolute Gasteiger partial charge is 0.573 e. The quantitative estimate of drug-likeness (QED) is 0.148. The Morgan fingerprint density at radius 1 is 0.864 bits per heavy atom. The maximum absolute atomic E-state index is 14.8. The monoisotopic (exact) mass is 642 g/mol. The van der Waals surface area contributed by atoms with Crippen LogP contribution in [0.2, 0.25) is 0 Å². The maximum atomic E-state index is 14.8. The van der Waals surface area contributed by atoms with Gasteiger partial charge in [-0.1, -0.05) is 6.08 Å². The second kappa shape index (κ2) is 13.7. The zero-order chi connectivity index (χ0) is 32.2. The summed E-state index contributed by atoms with van der Waals surface area (Å²) in [6, 6.07) is 2.01. The number of carbonyl (C=O) groups excluding carboxylic acids is 1. The van der Waals surface area contributed by atoms with Crippen molar-refractivity contribution in [2.75, 3.05) is 13.2 Å². The number of halogens is 9. The topological polar surface area (TPSA) is 63.2 Å². The lowest BCUT2D eigenvalue weighted by molar-refractivity contribution is -0.276. The third-order valence-corrected chi connectivity index (χ3v) is 7.15. The highest BCUT2D eigenvalue weighted by Crippen LogP contribution is 2.41. The van der Waals surface area contributed by atoms with E-state index in [1.54, 1.807) is 6.08 Å². The Hall–Kier alpha value is -3.46. The summed E-state index contributed by atoms with van der Waals surface area (Å²) in [5.74, 6) is -12.0. The second-order valence-corrected chi connectivity index (χ2v) is 10.4. The molecule has 0 radical (unpaired) electrons. The predicted octanol–water partition coefficient (Wildman–Crippen LogP) is 8.16. The van der Waals surface area contributed by atoms with E-state index in [1.807, 2.05) is 0 Å². The van der Waals surface area contributed by atoms with E-state index >= 15 is 0 Å². The summed E-state index contributed by atoms with van der Waals surface area (Å²) in [5.41, 5.74) is -0.963. The predicted molar refractivity (Wildman–Crippen MR) is 134 cm³/mol. The molecule has 0 N–H and O–H groups in total. The van der Waals surface area contributed by atoms with Crippen LogP contribution < -0.4 is 9.47 Å². The molecule has 1 heterocycles. The fraction of sp³-hybridized carbons (Fsp3) is 0.483. The van der Waals surface area contributed by atoms with E-state index in [2.05, 4.69) is 16.1 Å². The van der Waals surface area contributed by atoms with Crippen molar-refractivity contribution in [3.05, 3.63) is 71.3 Å². The summed E-state index contributed by atoms with van der Waals surface area (Å²) >= 11 is 0. The first kappa shape index (κ1) is 33.4. The lowest BCUT2D eigenvalue weighted by Gasteiger charge is -2.33. The van der Waals surface area contributed by atoms with Gasteiger partial charge in [0.2, 0.25) is 5.75 Å². The smallest absolute Gasteiger partial charge is 0.459 e. The number of hydrogen-bond acceptors (Lipinski definition) is 6. The van der Waals surface area contributed by atoms with Gasteiger partial charge in [-0.3, -0.25) is 0 Å². The highest BCUT2D eigenvalue weighted by atomic mass is 19.4. The molecule has 2 aromatic carbocycles. The molecule has 2 aliphatic rings. The number of ether oxygens (including phenoxy) is 5. The molecule has 0 bridgehead atoms. The Morgan fingerprint density at radius 2 is 1.43 bits per heavy atom. The van der Waals surface area contributed by atoms with Crippen LogP contribution in [0.3, 0.4) is 0 Å². The van der Waals surface area contributed by atoms with E-state index in [4.69, 9.17) is 14.2 Å². The first-order valence-corrected chi connectivity index (χ1v) is 13.5. The first-order valence-electron chi connectivity index (χ1n) is 13.5. The average molecular weight is 643 g/mol. The van der Waals surface area contributed by atoms with Gasteiger partial charge in [-0.05, 0) is 50.7 Å². The highest BCUT2D eigenvalue weighted by molar-refractivity contribution is 5.90. The van der Waals surface area contributed by atoms with E-state index in [0.717, 1.165) is 25.0 Å². The van der Waals surface area contributed by atoms with Gasteiger partial charge >= 0.3 is 18.4 Å². The van der Waals surface area contributed by atoms with Gasteiger partial charge in [0.15, 0.2) is 17.9 Å². The molecule has 0 amide bonds. The van der Waals surface area contributed by atoms with Gasteiger partial charge in [-0.25, -0.2) is 22.4 Å². The number of esters is 1. The van der Waals surface area contributed by atoms with Crippen molar-refractivity contribution in [3.8, 4) is 11.5 Å². The molecule has 0 atom stereocenters. The molecule has 1 aliphatic carbocycles. The summed E-state index contributed by atoms with van der Waals surface area (Å²) in [5, 5.41) is 0. The Balaban J connectivity index is 1.32. The number of rotatable bonds is 10. The van der Waals surface area contributed by atoms with E-state index < -0.39 is 77.1 Å². The first-order chi connectivity index (χ1) is 20.7. The number of alkyl halides is 5. The van der Waals surface area contributed by atoms with Gasteiger partial charge in [-0.15, -0.1) is 19.8 Å². The van der Waals surface area contributed by atoms with Crippen molar-refractivity contribution in [1.82, 2.24) is 0 Å². The number of benzene rings is 2. The molecular formula is C29H27F9O6. The van der Waals surface area contributed by atoms with Crippen molar-refractivity contribution in [1.29, 1.82) is 0 Å². The molecule has 1 saturated heterocycles. The molecule has 2 fully saturated rings. The third-order valence-electron chi connectivity index (χ3n) is 7.15. The lowest BCUT2D eigenvalue weighted by atomic mass is 9.86. The van der Waals surface area contributed by atoms with E-state index in [1.165, 1.54) is 0 Å². The normalized spacial score (nSPS) is 22.8. The van der Waals surface area contributed by atoms with Crippen LogP contribution in [0, 0.1) is 35.1 Å². The fourth-order valence-corrected chi connectivity index (χ4v) is 4.96. The van der Waals surface area contributed by atoms with Crippen molar-refractivity contribution in [2.24, 2.45) is 11.8 Å². The molecular weight excluding hydrogens is 615 g/mol. The molecule has 2 aromatic rings. The Bertz CT molecular complexity index is 1290. The molecule has 242 valence electrons. The molecule has 0 unspecified atom stereocenters. The molecule has 6 nitrogen and oxygen atoms in total.